The summed E-state index contributed by atoms with van der Waals surface area (Å²) < 4.78 is 0. The molecule has 0 saturated heterocycles. The summed E-state index contributed by atoms with van der Waals surface area (Å²) in [6.45, 7) is 6.41. The second-order valence-electron chi connectivity index (χ2n) is 5.23. The third-order valence-electron chi connectivity index (χ3n) is 3.08. The highest BCUT2D eigenvalue weighted by Crippen LogP contribution is 2.16. The van der Waals surface area contributed by atoms with Crippen molar-refractivity contribution >= 4 is 5.82 Å². The number of rotatable bonds is 9. The summed E-state index contributed by atoms with van der Waals surface area (Å²) in [6.07, 6.45) is 4.88. The zero-order valence-electron chi connectivity index (χ0n) is 12.4. The first kappa shape index (κ1) is 15.9. The Bertz CT molecular complexity index is 355. The number of aliphatic hydroxyl groups excluding tert-OH is 1. The molecule has 1 aromatic heterocycles. The van der Waals surface area contributed by atoms with Gasteiger partial charge in [-0.1, -0.05) is 19.9 Å². The smallest absolute Gasteiger partial charge is 0.132 e. The molecule has 0 saturated carbocycles. The highest BCUT2D eigenvalue weighted by atomic mass is 16.2. The number of hydrogen-bond acceptors (Lipinski definition) is 4. The molecule has 0 aromatic carbocycles. The lowest BCUT2D eigenvalue weighted by atomic mass is 10.2. The SMILES string of the molecule is CC(C)NCc1cccnc1N(C)CCCCCO. The molecule has 0 amide bonds. The highest BCUT2D eigenvalue weighted by molar-refractivity contribution is 5.45. The molecule has 0 atom stereocenters. The van der Waals surface area contributed by atoms with Crippen molar-refractivity contribution in [2.45, 2.75) is 45.7 Å². The zero-order valence-corrected chi connectivity index (χ0v) is 12.4. The highest BCUT2D eigenvalue weighted by Gasteiger charge is 2.08. The largest absolute Gasteiger partial charge is 0.396 e. The number of nitrogens with zero attached hydrogens (tertiary/aromatic N) is 2. The number of nitrogens with one attached hydrogen (secondary N) is 1. The van der Waals surface area contributed by atoms with E-state index in [0.29, 0.717) is 6.04 Å². The first-order valence-corrected chi connectivity index (χ1v) is 7.14. The van der Waals surface area contributed by atoms with E-state index in [4.69, 9.17) is 5.11 Å². The standard InChI is InChI=1S/C15H27N3O/c1-13(2)17-12-14-8-7-9-16-15(14)18(3)10-5-4-6-11-19/h7-9,13,17,19H,4-6,10-12H2,1-3H3. The Morgan fingerprint density at radius 2 is 2.11 bits per heavy atom. The molecule has 0 bridgehead atoms. The van der Waals surface area contributed by atoms with Crippen LogP contribution in [0.1, 0.15) is 38.7 Å². The van der Waals surface area contributed by atoms with Crippen molar-refractivity contribution in [1.82, 2.24) is 10.3 Å². The van der Waals surface area contributed by atoms with Gasteiger partial charge in [-0.05, 0) is 25.3 Å². The molecule has 1 rings (SSSR count). The summed E-state index contributed by atoms with van der Waals surface area (Å²) in [7, 11) is 2.08. The number of pyridine rings is 1. The average Bonchev–Trinajstić information content (AvgIpc) is 2.41. The normalized spacial score (nSPS) is 11.0. The lowest BCUT2D eigenvalue weighted by Gasteiger charge is -2.21. The lowest BCUT2D eigenvalue weighted by molar-refractivity contribution is 0.283. The Labute approximate surface area is 116 Å². The van der Waals surface area contributed by atoms with Crippen LogP contribution in [0.25, 0.3) is 0 Å². The molecular weight excluding hydrogens is 238 g/mol. The van der Waals surface area contributed by atoms with Crippen LogP contribution in [0.5, 0.6) is 0 Å². The van der Waals surface area contributed by atoms with Crippen molar-refractivity contribution in [3.63, 3.8) is 0 Å². The average molecular weight is 265 g/mol. The van der Waals surface area contributed by atoms with E-state index in [1.807, 2.05) is 12.3 Å². The van der Waals surface area contributed by atoms with Crippen molar-refractivity contribution in [2.75, 3.05) is 25.1 Å². The van der Waals surface area contributed by atoms with Crippen LogP contribution >= 0.6 is 0 Å². The maximum Gasteiger partial charge on any atom is 0.132 e. The van der Waals surface area contributed by atoms with Crippen LogP contribution < -0.4 is 10.2 Å². The lowest BCUT2D eigenvalue weighted by Crippen LogP contribution is -2.26. The molecule has 0 aliphatic heterocycles. The Kier molecular flexibility index (Phi) is 7.45. The number of aliphatic hydroxyl groups is 1. The Balaban J connectivity index is 2.54. The fourth-order valence-corrected chi connectivity index (χ4v) is 1.97. The third kappa shape index (κ3) is 6.03. The van der Waals surface area contributed by atoms with Crippen molar-refractivity contribution in [3.05, 3.63) is 23.9 Å². The maximum atomic E-state index is 8.78. The van der Waals surface area contributed by atoms with Crippen LogP contribution in [0, 0.1) is 0 Å². The van der Waals surface area contributed by atoms with Crippen molar-refractivity contribution < 1.29 is 5.11 Å². The molecule has 0 aliphatic rings. The number of aromatic nitrogens is 1. The molecule has 0 unspecified atom stereocenters. The van der Waals surface area contributed by atoms with Gasteiger partial charge < -0.3 is 15.3 Å². The summed E-state index contributed by atoms with van der Waals surface area (Å²) in [5.74, 6) is 1.06. The molecule has 0 spiro atoms. The fraction of sp³-hybridized carbons (Fsp3) is 0.667. The van der Waals surface area contributed by atoms with Gasteiger partial charge >= 0.3 is 0 Å². The van der Waals surface area contributed by atoms with E-state index in [9.17, 15) is 0 Å². The molecule has 0 radical (unpaired) electrons. The van der Waals surface area contributed by atoms with Gasteiger partial charge in [0.1, 0.15) is 5.82 Å². The maximum absolute atomic E-state index is 8.78. The third-order valence-corrected chi connectivity index (χ3v) is 3.08. The van der Waals surface area contributed by atoms with Crippen LogP contribution in [0.4, 0.5) is 5.82 Å². The number of hydrogen-bond donors (Lipinski definition) is 2. The minimum Gasteiger partial charge on any atom is -0.396 e. The Morgan fingerprint density at radius 1 is 1.32 bits per heavy atom. The van der Waals surface area contributed by atoms with E-state index in [2.05, 4.69) is 42.2 Å². The van der Waals surface area contributed by atoms with Gasteiger partial charge in [-0.2, -0.15) is 0 Å². The summed E-state index contributed by atoms with van der Waals surface area (Å²) in [4.78, 5) is 6.70. The summed E-state index contributed by atoms with van der Waals surface area (Å²) in [6, 6.07) is 4.59. The Hall–Kier alpha value is -1.13. The molecule has 2 N–H and O–H groups in total. The van der Waals surface area contributed by atoms with Crippen LogP contribution in [0.3, 0.4) is 0 Å². The molecule has 0 fully saturated rings. The predicted molar refractivity (Wildman–Crippen MR) is 80.4 cm³/mol. The number of unbranched alkanes of at least 4 members (excludes halogenated alkanes) is 2. The number of anilines is 1. The first-order valence-electron chi connectivity index (χ1n) is 7.14. The van der Waals surface area contributed by atoms with Gasteiger partial charge in [-0.25, -0.2) is 4.98 Å². The molecule has 108 valence electrons. The van der Waals surface area contributed by atoms with Gasteiger partial charge in [0.2, 0.25) is 0 Å². The molecule has 0 aliphatic carbocycles. The summed E-state index contributed by atoms with van der Waals surface area (Å²) in [5.41, 5.74) is 1.24. The van der Waals surface area contributed by atoms with E-state index < -0.39 is 0 Å². The topological polar surface area (TPSA) is 48.4 Å². The molecule has 1 aromatic rings. The van der Waals surface area contributed by atoms with Gasteiger partial charge in [0, 0.05) is 44.5 Å². The van der Waals surface area contributed by atoms with E-state index in [-0.39, 0.29) is 6.61 Å². The minimum atomic E-state index is 0.289. The first-order chi connectivity index (χ1) is 9.15. The second kappa shape index (κ2) is 8.88. The van der Waals surface area contributed by atoms with Gasteiger partial charge in [0.15, 0.2) is 0 Å². The van der Waals surface area contributed by atoms with Crippen LogP contribution in [-0.4, -0.2) is 36.3 Å². The van der Waals surface area contributed by atoms with Crippen molar-refractivity contribution in [2.24, 2.45) is 0 Å². The van der Waals surface area contributed by atoms with Gasteiger partial charge in [-0.3, -0.25) is 0 Å². The molecule has 4 heteroatoms. The van der Waals surface area contributed by atoms with E-state index >= 15 is 0 Å². The summed E-state index contributed by atoms with van der Waals surface area (Å²) >= 11 is 0. The zero-order chi connectivity index (χ0) is 14.1. The molecule has 4 nitrogen and oxygen atoms in total. The monoisotopic (exact) mass is 265 g/mol. The quantitative estimate of drug-likeness (QED) is 0.672. The fourth-order valence-electron chi connectivity index (χ4n) is 1.97. The minimum absolute atomic E-state index is 0.289. The van der Waals surface area contributed by atoms with Crippen molar-refractivity contribution in [3.8, 4) is 0 Å². The van der Waals surface area contributed by atoms with Crippen LogP contribution in [0.15, 0.2) is 18.3 Å². The van der Waals surface area contributed by atoms with Gasteiger partial charge in [0.05, 0.1) is 0 Å². The summed E-state index contributed by atoms with van der Waals surface area (Å²) in [5, 5.41) is 12.2. The van der Waals surface area contributed by atoms with Gasteiger partial charge in [0.25, 0.3) is 0 Å². The van der Waals surface area contributed by atoms with Gasteiger partial charge in [-0.15, -0.1) is 0 Å². The van der Waals surface area contributed by atoms with E-state index in [1.165, 1.54) is 5.56 Å². The second-order valence-corrected chi connectivity index (χ2v) is 5.23. The predicted octanol–water partition coefficient (Wildman–Crippen LogP) is 2.18. The van der Waals surface area contributed by atoms with Crippen LogP contribution in [0.2, 0.25) is 0 Å². The molecular formula is C15H27N3O. The Morgan fingerprint density at radius 3 is 2.79 bits per heavy atom. The van der Waals surface area contributed by atoms with E-state index in [1.54, 1.807) is 0 Å². The van der Waals surface area contributed by atoms with Crippen LogP contribution in [-0.2, 0) is 6.54 Å². The molecule has 19 heavy (non-hydrogen) atoms. The molecule has 1 heterocycles. The van der Waals surface area contributed by atoms with E-state index in [0.717, 1.165) is 38.2 Å². The van der Waals surface area contributed by atoms with Crippen molar-refractivity contribution in [1.29, 1.82) is 0 Å².